The number of amides is 2. The van der Waals surface area contributed by atoms with E-state index in [9.17, 15) is 14.7 Å². The molecule has 0 aromatic heterocycles. The van der Waals surface area contributed by atoms with Gasteiger partial charge >= 0.3 is 0 Å². The first-order valence-corrected chi connectivity index (χ1v) is 19.9. The summed E-state index contributed by atoms with van der Waals surface area (Å²) in [4.78, 5) is 31.3. The maximum atomic E-state index is 13.1. The van der Waals surface area contributed by atoms with Crippen molar-refractivity contribution in [2.24, 2.45) is 0 Å². The van der Waals surface area contributed by atoms with Gasteiger partial charge in [-0.3, -0.25) is 9.59 Å². The second-order valence-corrected chi connectivity index (χ2v) is 14.3. The number of thiol groups is 1. The molecule has 5 rings (SSSR count). The van der Waals surface area contributed by atoms with E-state index in [-0.39, 0.29) is 28.8 Å². The third kappa shape index (κ3) is 12.7. The number of unbranched alkanes of at least 4 members (excludes halogenated alkanes) is 4. The van der Waals surface area contributed by atoms with Crippen molar-refractivity contribution in [3.05, 3.63) is 107 Å². The summed E-state index contributed by atoms with van der Waals surface area (Å²) in [5, 5.41) is 17.8. The van der Waals surface area contributed by atoms with Gasteiger partial charge in [0.2, 0.25) is 0 Å². The van der Waals surface area contributed by atoms with Crippen LogP contribution >= 0.6 is 12.6 Å². The first-order valence-electron chi connectivity index (χ1n) is 19.4. The smallest absolute Gasteiger partial charge is 0.256 e. The van der Waals surface area contributed by atoms with Crippen LogP contribution in [0.2, 0.25) is 0 Å². The molecule has 2 aliphatic rings. The molecule has 3 aromatic carbocycles. The van der Waals surface area contributed by atoms with Gasteiger partial charge in [0, 0.05) is 22.9 Å². The Morgan fingerprint density at radius 2 is 1.52 bits per heavy atom. The van der Waals surface area contributed by atoms with E-state index in [2.05, 4.69) is 46.9 Å². The minimum Gasteiger partial charge on any atom is -0.506 e. The van der Waals surface area contributed by atoms with Crippen molar-refractivity contribution in [3.63, 3.8) is 0 Å². The van der Waals surface area contributed by atoms with Crippen LogP contribution < -0.4 is 10.6 Å². The van der Waals surface area contributed by atoms with Crippen LogP contribution in [0.5, 0.6) is 5.75 Å². The van der Waals surface area contributed by atoms with Crippen LogP contribution in [0.25, 0.3) is 11.1 Å². The highest BCUT2D eigenvalue weighted by Gasteiger charge is 2.26. The summed E-state index contributed by atoms with van der Waals surface area (Å²) in [6.07, 6.45) is 15.8. The largest absolute Gasteiger partial charge is 0.506 e. The lowest BCUT2D eigenvalue weighted by atomic mass is 9.99. The summed E-state index contributed by atoms with van der Waals surface area (Å²) < 4.78 is 0. The number of hydrogen-bond acceptors (Lipinski definition) is 6. The van der Waals surface area contributed by atoms with Crippen LogP contribution in [0.1, 0.15) is 112 Å². The molecule has 0 spiro atoms. The van der Waals surface area contributed by atoms with E-state index in [0.29, 0.717) is 11.3 Å². The Labute approximate surface area is 318 Å². The number of nitrogens with one attached hydrogen (secondary N) is 2. The predicted molar refractivity (Wildman–Crippen MR) is 220 cm³/mol. The fourth-order valence-corrected chi connectivity index (χ4v) is 7.20. The lowest BCUT2D eigenvalue weighted by Gasteiger charge is -2.36. The standard InChI is InChI=1S/C30H32N2O3S.C14H28N2/c1-3-4-6-11-21(2)26(18-19-36)31-29(34)23-16-17-27(28(33)20-23)32-30(35)25-15-10-9-14-24(25)22-12-7-5-8-13-22;1-2-3-4-9-15-12-7-14(8-13-15)16-10-5-6-11-16/h5,7-10,12-20,33,36H,3-4,6,11H2,1-2H3,(H,31,34)(H,32,35);14H,2-13H2,1H3/b19-18-,26-21-;. The number of hydrogen-bond donors (Lipinski definition) is 4. The zero-order chi connectivity index (χ0) is 37.1. The van der Waals surface area contributed by atoms with Gasteiger partial charge in [0.25, 0.3) is 11.8 Å². The number of rotatable bonds is 15. The van der Waals surface area contributed by atoms with Crippen molar-refractivity contribution < 1.29 is 14.7 Å². The van der Waals surface area contributed by atoms with E-state index in [1.165, 1.54) is 89.8 Å². The Balaban J connectivity index is 0.000000313. The number of phenolic OH excluding ortho intramolecular Hbond substituents is 1. The van der Waals surface area contributed by atoms with E-state index in [1.54, 1.807) is 29.7 Å². The number of likely N-dealkylation sites (tertiary alicyclic amines) is 2. The number of carbonyl (C=O) groups is 2. The highest BCUT2D eigenvalue weighted by atomic mass is 32.1. The van der Waals surface area contributed by atoms with Gasteiger partial charge in [-0.15, -0.1) is 0 Å². The Hall–Kier alpha value is -3.85. The summed E-state index contributed by atoms with van der Waals surface area (Å²) in [5.41, 5.74) is 4.45. The zero-order valence-electron chi connectivity index (χ0n) is 31.6. The molecule has 0 unspecified atom stereocenters. The van der Waals surface area contributed by atoms with E-state index in [0.717, 1.165) is 48.4 Å². The SMILES string of the molecule is CCCCC/C(C)=C(/C=C\S)NC(=O)c1ccc(NC(=O)c2ccccc2-c2ccccc2)c(O)c1.CCCCCN1CCC(N2CCCC2)CC1. The Bertz CT molecular complexity index is 1610. The molecule has 2 saturated heterocycles. The molecule has 0 radical (unpaired) electrons. The van der Waals surface area contributed by atoms with Gasteiger partial charge in [-0.05, 0) is 137 Å². The maximum absolute atomic E-state index is 13.1. The van der Waals surface area contributed by atoms with Crippen molar-refractivity contribution in [3.8, 4) is 16.9 Å². The first kappa shape index (κ1) is 40.9. The molecule has 52 heavy (non-hydrogen) atoms. The van der Waals surface area contributed by atoms with Gasteiger partial charge in [0.15, 0.2) is 0 Å². The van der Waals surface area contributed by atoms with Gasteiger partial charge in [-0.2, -0.15) is 12.6 Å². The van der Waals surface area contributed by atoms with Crippen LogP contribution in [-0.4, -0.2) is 65.5 Å². The number of anilines is 1. The summed E-state index contributed by atoms with van der Waals surface area (Å²) in [6, 6.07) is 22.3. The Morgan fingerprint density at radius 1 is 0.846 bits per heavy atom. The van der Waals surface area contributed by atoms with Crippen molar-refractivity contribution in [1.82, 2.24) is 15.1 Å². The summed E-state index contributed by atoms with van der Waals surface area (Å²) in [7, 11) is 0. The normalized spacial score (nSPS) is 15.9. The quantitative estimate of drug-likeness (QED) is 0.0543. The number of nitrogens with zero attached hydrogens (tertiary/aromatic N) is 2. The molecule has 0 saturated carbocycles. The molecule has 2 heterocycles. The average molecular weight is 725 g/mol. The second-order valence-electron chi connectivity index (χ2n) is 14.0. The summed E-state index contributed by atoms with van der Waals surface area (Å²) in [5.74, 6) is -0.897. The number of aromatic hydroxyl groups is 1. The molecule has 3 aromatic rings. The lowest BCUT2D eigenvalue weighted by molar-refractivity contribution is 0.0965. The zero-order valence-corrected chi connectivity index (χ0v) is 32.5. The molecule has 2 amide bonds. The highest BCUT2D eigenvalue weighted by Crippen LogP contribution is 2.28. The average Bonchev–Trinajstić information content (AvgIpc) is 3.72. The van der Waals surface area contributed by atoms with Crippen LogP contribution in [0.4, 0.5) is 5.69 Å². The third-order valence-corrected chi connectivity index (χ3v) is 10.3. The molecule has 0 atom stereocenters. The molecule has 7 nitrogen and oxygen atoms in total. The number of phenols is 1. The third-order valence-electron chi connectivity index (χ3n) is 10.2. The number of allylic oxidation sites excluding steroid dienone is 2. The topological polar surface area (TPSA) is 84.9 Å². The molecular weight excluding hydrogens is 665 g/mol. The van der Waals surface area contributed by atoms with Gasteiger partial charge in [-0.1, -0.05) is 88.1 Å². The Morgan fingerprint density at radius 3 is 2.19 bits per heavy atom. The van der Waals surface area contributed by atoms with Crippen molar-refractivity contribution >= 4 is 30.1 Å². The van der Waals surface area contributed by atoms with Gasteiger partial charge in [0.05, 0.1) is 5.69 Å². The molecule has 0 aliphatic carbocycles. The van der Waals surface area contributed by atoms with Crippen LogP contribution in [0.15, 0.2) is 95.6 Å². The fraction of sp³-hybridized carbons (Fsp3) is 0.455. The minimum absolute atomic E-state index is 0.192. The van der Waals surface area contributed by atoms with Crippen molar-refractivity contribution in [2.75, 3.05) is 38.0 Å². The number of benzene rings is 3. The van der Waals surface area contributed by atoms with E-state index < -0.39 is 0 Å². The molecule has 280 valence electrons. The summed E-state index contributed by atoms with van der Waals surface area (Å²) >= 11 is 4.15. The first-order chi connectivity index (χ1) is 25.3. The molecular formula is C44H60N4O3S. The Kier molecular flexibility index (Phi) is 17.5. The molecule has 3 N–H and O–H groups in total. The molecule has 2 aliphatic heterocycles. The molecule has 0 bridgehead atoms. The van der Waals surface area contributed by atoms with Gasteiger partial charge in [-0.25, -0.2) is 0 Å². The number of carbonyl (C=O) groups excluding carboxylic acids is 2. The van der Waals surface area contributed by atoms with E-state index in [1.807, 2.05) is 49.4 Å². The number of piperidine rings is 1. The maximum Gasteiger partial charge on any atom is 0.256 e. The van der Waals surface area contributed by atoms with Gasteiger partial charge in [0.1, 0.15) is 5.75 Å². The highest BCUT2D eigenvalue weighted by molar-refractivity contribution is 7.83. The van der Waals surface area contributed by atoms with Crippen LogP contribution in [0.3, 0.4) is 0 Å². The van der Waals surface area contributed by atoms with Gasteiger partial charge < -0.3 is 25.5 Å². The summed E-state index contributed by atoms with van der Waals surface area (Å²) in [6.45, 7) is 13.2. The minimum atomic E-state index is -0.353. The fourth-order valence-electron chi connectivity index (χ4n) is 7.05. The van der Waals surface area contributed by atoms with Crippen molar-refractivity contribution in [1.29, 1.82) is 0 Å². The monoisotopic (exact) mass is 724 g/mol. The van der Waals surface area contributed by atoms with E-state index in [4.69, 9.17) is 0 Å². The van der Waals surface area contributed by atoms with Crippen LogP contribution in [-0.2, 0) is 0 Å². The van der Waals surface area contributed by atoms with Crippen LogP contribution in [0, 0.1) is 0 Å². The second kappa shape index (κ2) is 22.3. The molecule has 2 fully saturated rings. The lowest BCUT2D eigenvalue weighted by Crippen LogP contribution is -2.44. The van der Waals surface area contributed by atoms with Crippen molar-refractivity contribution in [2.45, 2.75) is 97.4 Å². The predicted octanol–water partition coefficient (Wildman–Crippen LogP) is 10.1. The van der Waals surface area contributed by atoms with E-state index >= 15 is 0 Å². The molecule has 8 heteroatoms.